The smallest absolute Gasteiger partial charge is 0.172 e. The Hall–Kier alpha value is -1.96. The summed E-state index contributed by atoms with van der Waals surface area (Å²) in [5.41, 5.74) is 2.58. The molecule has 0 saturated heterocycles. The van der Waals surface area contributed by atoms with Crippen molar-refractivity contribution in [1.29, 1.82) is 0 Å². The van der Waals surface area contributed by atoms with E-state index >= 15 is 0 Å². The van der Waals surface area contributed by atoms with E-state index in [9.17, 15) is 5.11 Å². The molecule has 0 amide bonds. The van der Waals surface area contributed by atoms with Gasteiger partial charge in [-0.2, -0.15) is 0 Å². The summed E-state index contributed by atoms with van der Waals surface area (Å²) >= 11 is 0. The van der Waals surface area contributed by atoms with E-state index in [-0.39, 0.29) is 5.75 Å². The monoisotopic (exact) mass is 480 g/mol. The fourth-order valence-electron chi connectivity index (χ4n) is 4.95. The van der Waals surface area contributed by atoms with Crippen molar-refractivity contribution >= 4 is 0 Å². The molecule has 35 heavy (non-hydrogen) atoms. The third-order valence-electron chi connectivity index (χ3n) is 7.13. The molecule has 2 nitrogen and oxygen atoms in total. The van der Waals surface area contributed by atoms with E-state index in [0.717, 1.165) is 25.0 Å². The molecule has 0 aromatic heterocycles. The van der Waals surface area contributed by atoms with E-state index < -0.39 is 0 Å². The van der Waals surface area contributed by atoms with Crippen LogP contribution in [0.5, 0.6) is 17.2 Å². The molecule has 1 N–H and O–H groups in total. The van der Waals surface area contributed by atoms with Crippen LogP contribution in [-0.2, 0) is 12.8 Å². The molecule has 0 aliphatic heterocycles. The van der Waals surface area contributed by atoms with Crippen LogP contribution in [0.3, 0.4) is 0 Å². The zero-order valence-electron chi connectivity index (χ0n) is 22.8. The minimum atomic E-state index is 0.263. The van der Waals surface area contributed by atoms with Crippen molar-refractivity contribution in [3.05, 3.63) is 53.6 Å². The highest BCUT2D eigenvalue weighted by molar-refractivity contribution is 5.52. The number of aryl methyl sites for hydroxylation is 1. The summed E-state index contributed by atoms with van der Waals surface area (Å²) in [6.07, 6.45) is 24.7. The quantitative estimate of drug-likeness (QED) is 0.180. The van der Waals surface area contributed by atoms with Gasteiger partial charge in [0.1, 0.15) is 5.75 Å². The second kappa shape index (κ2) is 19.3. The fourth-order valence-corrected chi connectivity index (χ4v) is 4.95. The van der Waals surface area contributed by atoms with Gasteiger partial charge in [-0.25, -0.2) is 0 Å². The van der Waals surface area contributed by atoms with Crippen molar-refractivity contribution in [1.82, 2.24) is 0 Å². The van der Waals surface area contributed by atoms with Gasteiger partial charge >= 0.3 is 0 Å². The lowest BCUT2D eigenvalue weighted by atomic mass is 9.95. The van der Waals surface area contributed by atoms with Crippen molar-refractivity contribution in [2.45, 2.75) is 136 Å². The molecule has 0 radical (unpaired) electrons. The maximum atomic E-state index is 10.7. The number of ether oxygens (including phenoxy) is 1. The maximum absolute atomic E-state index is 10.7. The molecule has 0 spiro atoms. The first-order chi connectivity index (χ1) is 17.3. The molecule has 0 unspecified atom stereocenters. The Morgan fingerprint density at radius 3 is 1.57 bits per heavy atom. The predicted molar refractivity (Wildman–Crippen MR) is 152 cm³/mol. The van der Waals surface area contributed by atoms with Gasteiger partial charge in [0, 0.05) is 5.56 Å². The molecule has 2 heteroatoms. The number of para-hydroxylation sites is 1. The Bertz CT molecular complexity index is 768. The molecule has 0 bridgehead atoms. The fraction of sp³-hybridized carbons (Fsp3) is 0.636. The summed E-state index contributed by atoms with van der Waals surface area (Å²) in [6.45, 7) is 4.55. The van der Waals surface area contributed by atoms with E-state index in [1.54, 1.807) is 0 Å². The molecule has 0 saturated carbocycles. The highest BCUT2D eigenvalue weighted by Crippen LogP contribution is 2.38. The number of rotatable bonds is 21. The molecular weight excluding hydrogens is 428 g/mol. The van der Waals surface area contributed by atoms with E-state index in [2.05, 4.69) is 19.9 Å². The van der Waals surface area contributed by atoms with E-state index in [1.165, 1.54) is 114 Å². The van der Waals surface area contributed by atoms with Crippen LogP contribution < -0.4 is 4.74 Å². The second-order valence-corrected chi connectivity index (χ2v) is 10.3. The Labute approximate surface area is 216 Å². The normalized spacial score (nSPS) is 11.1. The minimum Gasteiger partial charge on any atom is -0.504 e. The predicted octanol–water partition coefficient (Wildman–Crippen LogP) is 10.9. The van der Waals surface area contributed by atoms with Crippen molar-refractivity contribution in [3.63, 3.8) is 0 Å². The molecule has 0 fully saturated rings. The largest absolute Gasteiger partial charge is 0.504 e. The number of hydrogen-bond donors (Lipinski definition) is 1. The van der Waals surface area contributed by atoms with Crippen molar-refractivity contribution in [2.75, 3.05) is 0 Å². The average molecular weight is 481 g/mol. The Morgan fingerprint density at radius 2 is 1.03 bits per heavy atom. The number of phenolic OH excluding ortho intramolecular Hbond substituents is 1. The summed E-state index contributed by atoms with van der Waals surface area (Å²) in [6, 6.07) is 13.9. The van der Waals surface area contributed by atoms with Crippen molar-refractivity contribution in [3.8, 4) is 17.2 Å². The molecular formula is C33H52O2. The first kappa shape index (κ1) is 29.3. The lowest BCUT2D eigenvalue weighted by molar-refractivity contribution is 0.405. The van der Waals surface area contributed by atoms with Crippen LogP contribution in [-0.4, -0.2) is 5.11 Å². The molecule has 0 heterocycles. The van der Waals surface area contributed by atoms with Crippen molar-refractivity contribution in [2.24, 2.45) is 0 Å². The van der Waals surface area contributed by atoms with Gasteiger partial charge in [0.2, 0.25) is 0 Å². The van der Waals surface area contributed by atoms with Gasteiger partial charge in [-0.3, -0.25) is 0 Å². The Balaban J connectivity index is 1.90. The number of aromatic hydroxyl groups is 1. The van der Waals surface area contributed by atoms with Crippen molar-refractivity contribution < 1.29 is 9.84 Å². The van der Waals surface area contributed by atoms with Crippen LogP contribution in [0.1, 0.15) is 134 Å². The third-order valence-corrected chi connectivity index (χ3v) is 7.13. The van der Waals surface area contributed by atoms with Crippen LogP contribution >= 0.6 is 0 Å². The zero-order valence-corrected chi connectivity index (χ0v) is 22.8. The van der Waals surface area contributed by atoms with E-state index in [1.807, 2.05) is 36.4 Å². The maximum Gasteiger partial charge on any atom is 0.172 e. The van der Waals surface area contributed by atoms with Crippen LogP contribution in [0.25, 0.3) is 0 Å². The van der Waals surface area contributed by atoms with Crippen LogP contribution in [0, 0.1) is 0 Å². The zero-order chi connectivity index (χ0) is 25.0. The molecule has 2 rings (SSSR count). The first-order valence-electron chi connectivity index (χ1n) is 14.8. The van der Waals surface area contributed by atoms with Gasteiger partial charge < -0.3 is 9.84 Å². The topological polar surface area (TPSA) is 29.5 Å². The van der Waals surface area contributed by atoms with Crippen LogP contribution in [0.4, 0.5) is 0 Å². The summed E-state index contributed by atoms with van der Waals surface area (Å²) in [7, 11) is 0. The Kier molecular flexibility index (Phi) is 16.1. The standard InChI is InChI=1S/C33H52O2/c1-3-5-7-9-11-12-13-15-17-22-26-31-29(23-19-16-14-10-8-6-4-2)27-28-32(34)33(31)35-30-24-20-18-21-25-30/h18,20-21,24-25,27-28,34H,3-17,19,22-23,26H2,1-2H3. The SMILES string of the molecule is CCCCCCCCCCCCc1c(CCCCCCCCC)ccc(O)c1Oc1ccccc1. The van der Waals surface area contributed by atoms with Gasteiger partial charge in [0.15, 0.2) is 11.5 Å². The average Bonchev–Trinajstić information content (AvgIpc) is 2.88. The van der Waals surface area contributed by atoms with Gasteiger partial charge in [0.25, 0.3) is 0 Å². The lowest BCUT2D eigenvalue weighted by Gasteiger charge is -2.17. The van der Waals surface area contributed by atoms with E-state index in [0.29, 0.717) is 5.75 Å². The van der Waals surface area contributed by atoms with Gasteiger partial charge in [-0.15, -0.1) is 0 Å². The number of hydrogen-bond acceptors (Lipinski definition) is 2. The molecule has 0 aliphatic carbocycles. The van der Waals surface area contributed by atoms with Gasteiger partial charge in [-0.1, -0.05) is 134 Å². The number of phenols is 1. The third kappa shape index (κ3) is 12.5. The number of benzene rings is 2. The van der Waals surface area contributed by atoms with E-state index in [4.69, 9.17) is 4.74 Å². The molecule has 2 aromatic carbocycles. The highest BCUT2D eigenvalue weighted by atomic mass is 16.5. The molecule has 0 aliphatic rings. The summed E-state index contributed by atoms with van der Waals surface area (Å²) in [4.78, 5) is 0. The minimum absolute atomic E-state index is 0.263. The molecule has 196 valence electrons. The Morgan fingerprint density at radius 1 is 0.543 bits per heavy atom. The second-order valence-electron chi connectivity index (χ2n) is 10.3. The van der Waals surface area contributed by atoms with Crippen LogP contribution in [0.2, 0.25) is 0 Å². The van der Waals surface area contributed by atoms with Gasteiger partial charge in [0.05, 0.1) is 0 Å². The highest BCUT2D eigenvalue weighted by Gasteiger charge is 2.15. The lowest BCUT2D eigenvalue weighted by Crippen LogP contribution is -2.00. The summed E-state index contributed by atoms with van der Waals surface area (Å²) < 4.78 is 6.25. The molecule has 0 atom stereocenters. The van der Waals surface area contributed by atoms with Gasteiger partial charge in [-0.05, 0) is 49.4 Å². The molecule has 2 aromatic rings. The first-order valence-corrected chi connectivity index (χ1v) is 14.8. The van der Waals surface area contributed by atoms with Crippen LogP contribution in [0.15, 0.2) is 42.5 Å². The number of unbranched alkanes of at least 4 members (excludes halogenated alkanes) is 15. The summed E-state index contributed by atoms with van der Waals surface area (Å²) in [5.74, 6) is 1.73. The summed E-state index contributed by atoms with van der Waals surface area (Å²) in [5, 5.41) is 10.7.